The van der Waals surface area contributed by atoms with E-state index in [0.717, 1.165) is 24.8 Å². The Morgan fingerprint density at radius 1 is 1.39 bits per heavy atom. The van der Waals surface area contributed by atoms with Crippen LogP contribution in [0.2, 0.25) is 0 Å². The van der Waals surface area contributed by atoms with Crippen molar-refractivity contribution in [1.82, 2.24) is 5.32 Å². The Morgan fingerprint density at radius 3 is 2.78 bits per heavy atom. The number of anilines is 1. The molecule has 3 N–H and O–H groups in total. The van der Waals surface area contributed by atoms with Crippen molar-refractivity contribution in [2.24, 2.45) is 0 Å². The summed E-state index contributed by atoms with van der Waals surface area (Å²) in [5.41, 5.74) is 7.38. The zero-order chi connectivity index (χ0) is 13.4. The number of hydrogen-bond acceptors (Lipinski definition) is 3. The Labute approximate surface area is 109 Å². The third kappa shape index (κ3) is 4.65. The highest BCUT2D eigenvalue weighted by Crippen LogP contribution is 2.21. The normalized spacial score (nSPS) is 10.1. The number of amides is 1. The van der Waals surface area contributed by atoms with Crippen LogP contribution in [-0.4, -0.2) is 13.0 Å². The van der Waals surface area contributed by atoms with E-state index in [1.54, 1.807) is 7.11 Å². The number of unbranched alkanes of at least 4 members (excludes halogenated alkanes) is 2. The predicted octanol–water partition coefficient (Wildman–Crippen LogP) is 2.47. The van der Waals surface area contributed by atoms with Gasteiger partial charge in [-0.1, -0.05) is 25.8 Å². The fraction of sp³-hybridized carbons (Fsp3) is 0.500. The van der Waals surface area contributed by atoms with Crippen molar-refractivity contribution in [1.29, 1.82) is 0 Å². The minimum absolute atomic E-state index is 0.0952. The molecule has 0 fully saturated rings. The van der Waals surface area contributed by atoms with Gasteiger partial charge >= 0.3 is 0 Å². The zero-order valence-corrected chi connectivity index (χ0v) is 11.2. The molecule has 0 aromatic heterocycles. The summed E-state index contributed by atoms with van der Waals surface area (Å²) in [6, 6.07) is 5.54. The van der Waals surface area contributed by atoms with Crippen molar-refractivity contribution < 1.29 is 9.53 Å². The Morgan fingerprint density at radius 2 is 2.17 bits per heavy atom. The maximum Gasteiger partial charge on any atom is 0.220 e. The second kappa shape index (κ2) is 7.58. The molecular weight excluding hydrogens is 228 g/mol. The van der Waals surface area contributed by atoms with Gasteiger partial charge < -0.3 is 15.8 Å². The summed E-state index contributed by atoms with van der Waals surface area (Å²) < 4.78 is 5.08. The highest BCUT2D eigenvalue weighted by atomic mass is 16.5. The van der Waals surface area contributed by atoms with E-state index in [1.165, 1.54) is 0 Å². The summed E-state index contributed by atoms with van der Waals surface area (Å²) in [5, 5.41) is 2.89. The third-order valence-electron chi connectivity index (χ3n) is 2.79. The number of ether oxygens (including phenoxy) is 1. The van der Waals surface area contributed by atoms with E-state index in [0.29, 0.717) is 24.4 Å². The average molecular weight is 250 g/mol. The van der Waals surface area contributed by atoms with Gasteiger partial charge in [-0.25, -0.2) is 0 Å². The van der Waals surface area contributed by atoms with Crippen molar-refractivity contribution in [3.8, 4) is 5.75 Å². The minimum atomic E-state index is 0.0952. The lowest BCUT2D eigenvalue weighted by Gasteiger charge is -2.08. The van der Waals surface area contributed by atoms with Gasteiger partial charge in [-0.3, -0.25) is 4.79 Å². The maximum atomic E-state index is 11.5. The van der Waals surface area contributed by atoms with Crippen LogP contribution < -0.4 is 15.8 Å². The molecule has 0 aliphatic heterocycles. The molecule has 0 saturated carbocycles. The Bertz CT molecular complexity index is 391. The first-order valence-corrected chi connectivity index (χ1v) is 6.36. The molecular formula is C14H22N2O2. The first-order valence-electron chi connectivity index (χ1n) is 6.36. The van der Waals surface area contributed by atoms with E-state index in [1.807, 2.05) is 18.2 Å². The summed E-state index contributed by atoms with van der Waals surface area (Å²) in [4.78, 5) is 11.5. The molecule has 0 heterocycles. The second-order valence-corrected chi connectivity index (χ2v) is 4.31. The van der Waals surface area contributed by atoms with Gasteiger partial charge in [0.1, 0.15) is 5.75 Å². The summed E-state index contributed by atoms with van der Waals surface area (Å²) in [7, 11) is 1.58. The largest absolute Gasteiger partial charge is 0.495 e. The molecule has 4 nitrogen and oxygen atoms in total. The number of methoxy groups -OCH3 is 1. The number of nitrogen functional groups attached to an aromatic ring is 1. The van der Waals surface area contributed by atoms with Crippen molar-refractivity contribution in [2.75, 3.05) is 12.8 Å². The fourth-order valence-electron chi connectivity index (χ4n) is 1.72. The van der Waals surface area contributed by atoms with Gasteiger partial charge in [0.2, 0.25) is 5.91 Å². The van der Waals surface area contributed by atoms with Crippen LogP contribution in [-0.2, 0) is 11.3 Å². The van der Waals surface area contributed by atoms with Crippen LogP contribution in [0.1, 0.15) is 38.2 Å². The van der Waals surface area contributed by atoms with E-state index >= 15 is 0 Å². The first kappa shape index (κ1) is 14.4. The molecule has 4 heteroatoms. The van der Waals surface area contributed by atoms with Crippen molar-refractivity contribution in [3.05, 3.63) is 23.8 Å². The lowest BCUT2D eigenvalue weighted by molar-refractivity contribution is -0.121. The molecule has 18 heavy (non-hydrogen) atoms. The molecule has 0 radical (unpaired) electrons. The third-order valence-corrected chi connectivity index (χ3v) is 2.79. The van der Waals surface area contributed by atoms with Crippen LogP contribution in [0, 0.1) is 0 Å². The highest BCUT2D eigenvalue weighted by molar-refractivity contribution is 5.75. The van der Waals surface area contributed by atoms with Crippen LogP contribution in [0.25, 0.3) is 0 Å². The molecule has 0 atom stereocenters. The standard InChI is InChI=1S/C14H22N2O2/c1-3-4-5-6-14(17)16-10-11-7-8-13(18-2)12(15)9-11/h7-9H,3-6,10,15H2,1-2H3,(H,16,17). The van der Waals surface area contributed by atoms with Crippen LogP contribution in [0.4, 0.5) is 5.69 Å². The van der Waals surface area contributed by atoms with E-state index in [-0.39, 0.29) is 5.91 Å². The van der Waals surface area contributed by atoms with Gasteiger partial charge in [0, 0.05) is 13.0 Å². The van der Waals surface area contributed by atoms with Crippen LogP contribution >= 0.6 is 0 Å². The smallest absolute Gasteiger partial charge is 0.220 e. The van der Waals surface area contributed by atoms with Crippen molar-refractivity contribution >= 4 is 11.6 Å². The molecule has 0 aliphatic rings. The minimum Gasteiger partial charge on any atom is -0.495 e. The van der Waals surface area contributed by atoms with E-state index < -0.39 is 0 Å². The number of nitrogens with one attached hydrogen (secondary N) is 1. The number of benzene rings is 1. The Balaban J connectivity index is 2.39. The van der Waals surface area contributed by atoms with Gasteiger partial charge in [-0.05, 0) is 24.1 Å². The molecule has 1 aromatic carbocycles. The van der Waals surface area contributed by atoms with Crippen LogP contribution in [0.5, 0.6) is 5.75 Å². The summed E-state index contributed by atoms with van der Waals surface area (Å²) in [5.74, 6) is 0.755. The Hall–Kier alpha value is -1.71. The monoisotopic (exact) mass is 250 g/mol. The van der Waals surface area contributed by atoms with E-state index in [2.05, 4.69) is 12.2 Å². The first-order chi connectivity index (χ1) is 8.67. The van der Waals surface area contributed by atoms with Gasteiger partial charge in [0.25, 0.3) is 0 Å². The quantitative estimate of drug-likeness (QED) is 0.577. The summed E-state index contributed by atoms with van der Waals surface area (Å²) in [6.45, 7) is 2.64. The number of carbonyl (C=O) groups excluding carboxylic acids is 1. The second-order valence-electron chi connectivity index (χ2n) is 4.31. The topological polar surface area (TPSA) is 64.3 Å². The SMILES string of the molecule is CCCCCC(=O)NCc1ccc(OC)c(N)c1. The molecule has 1 aromatic rings. The van der Waals surface area contributed by atoms with Crippen LogP contribution in [0.15, 0.2) is 18.2 Å². The highest BCUT2D eigenvalue weighted by Gasteiger charge is 2.03. The number of nitrogens with two attached hydrogens (primary N) is 1. The number of rotatable bonds is 7. The van der Waals surface area contributed by atoms with Gasteiger partial charge in [0.05, 0.1) is 12.8 Å². The molecule has 0 unspecified atom stereocenters. The van der Waals surface area contributed by atoms with E-state index in [4.69, 9.17) is 10.5 Å². The van der Waals surface area contributed by atoms with Gasteiger partial charge in [0.15, 0.2) is 0 Å². The summed E-state index contributed by atoms with van der Waals surface area (Å²) >= 11 is 0. The molecule has 0 spiro atoms. The molecule has 0 saturated heterocycles. The molecule has 0 bridgehead atoms. The maximum absolute atomic E-state index is 11.5. The Kier molecular flexibility index (Phi) is 6.05. The molecule has 100 valence electrons. The lowest BCUT2D eigenvalue weighted by atomic mass is 10.1. The summed E-state index contributed by atoms with van der Waals surface area (Å²) in [6.07, 6.45) is 3.78. The van der Waals surface area contributed by atoms with Crippen molar-refractivity contribution in [2.45, 2.75) is 39.2 Å². The van der Waals surface area contributed by atoms with Crippen LogP contribution in [0.3, 0.4) is 0 Å². The molecule has 1 amide bonds. The molecule has 0 aliphatic carbocycles. The number of carbonyl (C=O) groups is 1. The lowest BCUT2D eigenvalue weighted by Crippen LogP contribution is -2.22. The molecule has 1 rings (SSSR count). The zero-order valence-electron chi connectivity index (χ0n) is 11.2. The fourth-order valence-corrected chi connectivity index (χ4v) is 1.72. The number of hydrogen-bond donors (Lipinski definition) is 2. The van der Waals surface area contributed by atoms with Crippen molar-refractivity contribution in [3.63, 3.8) is 0 Å². The average Bonchev–Trinajstić information content (AvgIpc) is 2.37. The van der Waals surface area contributed by atoms with Gasteiger partial charge in [-0.15, -0.1) is 0 Å². The van der Waals surface area contributed by atoms with Gasteiger partial charge in [-0.2, -0.15) is 0 Å². The predicted molar refractivity (Wildman–Crippen MR) is 73.4 cm³/mol. The van der Waals surface area contributed by atoms with E-state index in [9.17, 15) is 4.79 Å².